The summed E-state index contributed by atoms with van der Waals surface area (Å²) in [5.41, 5.74) is 9.17. The van der Waals surface area contributed by atoms with Crippen molar-refractivity contribution in [3.8, 4) is 0 Å². The summed E-state index contributed by atoms with van der Waals surface area (Å²) in [5.74, 6) is -0.576. The molecular formula is C18H16N4O3. The Labute approximate surface area is 143 Å². The summed E-state index contributed by atoms with van der Waals surface area (Å²) >= 11 is 0. The van der Waals surface area contributed by atoms with E-state index in [0.717, 1.165) is 0 Å². The molecule has 7 nitrogen and oxygen atoms in total. The zero-order valence-corrected chi connectivity index (χ0v) is 13.4. The molecule has 0 fully saturated rings. The highest BCUT2D eigenvalue weighted by molar-refractivity contribution is 6.03. The fraction of sp³-hybridized carbons (Fsp3) is 0.0556. The number of fused-ring (bicyclic) bond motifs is 1. The van der Waals surface area contributed by atoms with Crippen molar-refractivity contribution in [2.75, 3.05) is 12.4 Å². The Morgan fingerprint density at radius 1 is 1.08 bits per heavy atom. The third-order valence-corrected chi connectivity index (χ3v) is 3.64. The van der Waals surface area contributed by atoms with E-state index in [1.165, 1.54) is 0 Å². The quantitative estimate of drug-likeness (QED) is 0.292. The first kappa shape index (κ1) is 16.3. The molecule has 3 rings (SSSR count). The minimum atomic E-state index is -0.621. The summed E-state index contributed by atoms with van der Waals surface area (Å²) in [6.07, 6.45) is 0. The van der Waals surface area contributed by atoms with Crippen molar-refractivity contribution in [3.63, 3.8) is 0 Å². The number of amidine groups is 1. The molecule has 4 N–H and O–H groups in total. The Bertz CT molecular complexity index is 1020. The number of nitrogens with zero attached hydrogens (tertiary/aromatic N) is 1. The first-order valence-corrected chi connectivity index (χ1v) is 7.53. The second kappa shape index (κ2) is 6.88. The van der Waals surface area contributed by atoms with E-state index in [1.807, 2.05) is 6.07 Å². The van der Waals surface area contributed by atoms with Crippen LogP contribution in [0.1, 0.15) is 15.9 Å². The van der Waals surface area contributed by atoms with Gasteiger partial charge < -0.3 is 15.5 Å². The van der Waals surface area contributed by atoms with Crippen molar-refractivity contribution in [1.82, 2.24) is 5.43 Å². The van der Waals surface area contributed by atoms with E-state index in [-0.39, 0.29) is 11.4 Å². The van der Waals surface area contributed by atoms with E-state index in [0.29, 0.717) is 22.2 Å². The Hall–Kier alpha value is -3.61. The number of anilines is 1. The molecule has 1 amide bonds. The van der Waals surface area contributed by atoms with Crippen LogP contribution in [0.25, 0.3) is 11.0 Å². The number of hydrogen-bond donors (Lipinski definition) is 3. The maximum atomic E-state index is 12.2. The van der Waals surface area contributed by atoms with Crippen molar-refractivity contribution in [3.05, 3.63) is 76.1 Å². The lowest BCUT2D eigenvalue weighted by atomic mass is 10.1. The van der Waals surface area contributed by atoms with Gasteiger partial charge in [0, 0.05) is 18.1 Å². The van der Waals surface area contributed by atoms with Crippen LogP contribution in [0.2, 0.25) is 0 Å². The van der Waals surface area contributed by atoms with Gasteiger partial charge in [0.05, 0.1) is 5.56 Å². The molecule has 0 spiro atoms. The van der Waals surface area contributed by atoms with Crippen molar-refractivity contribution in [2.24, 2.45) is 10.8 Å². The van der Waals surface area contributed by atoms with Gasteiger partial charge in [0.25, 0.3) is 5.91 Å². The van der Waals surface area contributed by atoms with Gasteiger partial charge in [-0.2, -0.15) is 5.10 Å². The maximum Gasteiger partial charge on any atom is 0.347 e. The molecule has 1 aromatic heterocycles. The number of rotatable bonds is 4. The first-order chi connectivity index (χ1) is 12.1. The van der Waals surface area contributed by atoms with E-state index in [9.17, 15) is 9.59 Å². The molecule has 2 aromatic carbocycles. The summed E-state index contributed by atoms with van der Waals surface area (Å²) in [7, 11) is 1.71. The largest absolute Gasteiger partial charge is 0.422 e. The molecule has 25 heavy (non-hydrogen) atoms. The third kappa shape index (κ3) is 3.35. The molecular weight excluding hydrogens is 320 g/mol. The standard InChI is InChI=1S/C18H16N4O3/c1-20-14-8-4-3-7-12(14)17(23)22-21-16(19)13-10-11-6-2-5-9-15(11)25-18(13)24/h2-10,20H,1H3,(H2,19,21)(H,22,23). The van der Waals surface area contributed by atoms with Crippen LogP contribution in [0.5, 0.6) is 0 Å². The summed E-state index contributed by atoms with van der Waals surface area (Å²) < 4.78 is 5.20. The number of carbonyl (C=O) groups excluding carboxylic acids is 1. The number of hydrogen-bond acceptors (Lipinski definition) is 5. The van der Waals surface area contributed by atoms with E-state index in [4.69, 9.17) is 10.2 Å². The van der Waals surface area contributed by atoms with Crippen LogP contribution in [-0.2, 0) is 0 Å². The number of benzene rings is 2. The van der Waals surface area contributed by atoms with Gasteiger partial charge in [-0.25, -0.2) is 10.2 Å². The van der Waals surface area contributed by atoms with E-state index in [2.05, 4.69) is 15.8 Å². The molecule has 0 aliphatic heterocycles. The average molecular weight is 336 g/mol. The van der Waals surface area contributed by atoms with Gasteiger partial charge in [-0.1, -0.05) is 30.3 Å². The molecule has 0 unspecified atom stereocenters. The van der Waals surface area contributed by atoms with Gasteiger partial charge in [-0.15, -0.1) is 0 Å². The molecule has 0 aliphatic rings. The smallest absolute Gasteiger partial charge is 0.347 e. The Morgan fingerprint density at radius 3 is 2.60 bits per heavy atom. The topological polar surface area (TPSA) is 110 Å². The van der Waals surface area contributed by atoms with Gasteiger partial charge in [-0.3, -0.25) is 4.79 Å². The van der Waals surface area contributed by atoms with Crippen molar-refractivity contribution in [2.45, 2.75) is 0 Å². The van der Waals surface area contributed by atoms with Crippen molar-refractivity contribution >= 4 is 28.4 Å². The van der Waals surface area contributed by atoms with E-state index >= 15 is 0 Å². The Balaban J connectivity index is 1.88. The lowest BCUT2D eigenvalue weighted by molar-refractivity contribution is 0.0955. The molecule has 0 atom stereocenters. The van der Waals surface area contributed by atoms with Gasteiger partial charge in [0.2, 0.25) is 0 Å². The van der Waals surface area contributed by atoms with Crippen LogP contribution in [-0.4, -0.2) is 18.8 Å². The minimum absolute atomic E-state index is 0.0842. The Morgan fingerprint density at radius 2 is 1.80 bits per heavy atom. The van der Waals surface area contributed by atoms with Crippen molar-refractivity contribution < 1.29 is 9.21 Å². The fourth-order valence-corrected chi connectivity index (χ4v) is 2.37. The zero-order valence-electron chi connectivity index (χ0n) is 13.4. The molecule has 1 heterocycles. The summed E-state index contributed by atoms with van der Waals surface area (Å²) in [4.78, 5) is 24.3. The monoisotopic (exact) mass is 336 g/mol. The van der Waals surface area contributed by atoms with Crippen LogP contribution in [0.3, 0.4) is 0 Å². The Kier molecular flexibility index (Phi) is 4.47. The van der Waals surface area contributed by atoms with Gasteiger partial charge in [-0.05, 0) is 24.3 Å². The SMILES string of the molecule is CNc1ccccc1C(=O)N/N=C(\N)c1cc2ccccc2oc1=O. The number of amides is 1. The third-order valence-electron chi connectivity index (χ3n) is 3.64. The van der Waals surface area contributed by atoms with Crippen LogP contribution in [0.15, 0.2) is 68.9 Å². The average Bonchev–Trinajstić information content (AvgIpc) is 2.65. The number of carbonyl (C=O) groups is 1. The maximum absolute atomic E-state index is 12.2. The number of hydrazone groups is 1. The van der Waals surface area contributed by atoms with E-state index < -0.39 is 11.5 Å². The number of nitrogens with one attached hydrogen (secondary N) is 2. The highest BCUT2D eigenvalue weighted by Gasteiger charge is 2.12. The fourth-order valence-electron chi connectivity index (χ4n) is 2.37. The summed E-state index contributed by atoms with van der Waals surface area (Å²) in [6, 6.07) is 15.6. The second-order valence-electron chi connectivity index (χ2n) is 5.22. The molecule has 3 aromatic rings. The van der Waals surface area contributed by atoms with Gasteiger partial charge >= 0.3 is 5.63 Å². The lowest BCUT2D eigenvalue weighted by Gasteiger charge is -2.07. The molecule has 7 heteroatoms. The summed E-state index contributed by atoms with van der Waals surface area (Å²) in [5, 5.41) is 7.45. The predicted octanol–water partition coefficient (Wildman–Crippen LogP) is 1.88. The van der Waals surface area contributed by atoms with Crippen LogP contribution >= 0.6 is 0 Å². The number of para-hydroxylation sites is 2. The predicted molar refractivity (Wildman–Crippen MR) is 96.7 cm³/mol. The van der Waals surface area contributed by atoms with Crippen LogP contribution < -0.4 is 22.1 Å². The normalized spacial score (nSPS) is 11.3. The first-order valence-electron chi connectivity index (χ1n) is 7.53. The van der Waals surface area contributed by atoms with Crippen molar-refractivity contribution in [1.29, 1.82) is 0 Å². The molecule has 126 valence electrons. The molecule has 0 saturated heterocycles. The van der Waals surface area contributed by atoms with Gasteiger partial charge in [0.15, 0.2) is 5.84 Å². The summed E-state index contributed by atoms with van der Waals surface area (Å²) in [6.45, 7) is 0. The lowest BCUT2D eigenvalue weighted by Crippen LogP contribution is -2.28. The molecule has 0 radical (unpaired) electrons. The highest BCUT2D eigenvalue weighted by Crippen LogP contribution is 2.14. The molecule has 0 aliphatic carbocycles. The second-order valence-corrected chi connectivity index (χ2v) is 5.22. The van der Waals surface area contributed by atoms with Crippen LogP contribution in [0, 0.1) is 0 Å². The minimum Gasteiger partial charge on any atom is -0.422 e. The molecule has 0 bridgehead atoms. The van der Waals surface area contributed by atoms with Crippen LogP contribution in [0.4, 0.5) is 5.69 Å². The number of nitrogens with two attached hydrogens (primary N) is 1. The highest BCUT2D eigenvalue weighted by atomic mass is 16.4. The zero-order chi connectivity index (χ0) is 17.8. The van der Waals surface area contributed by atoms with E-state index in [1.54, 1.807) is 55.6 Å². The van der Waals surface area contributed by atoms with Gasteiger partial charge in [0.1, 0.15) is 11.1 Å². The molecule has 0 saturated carbocycles.